The number of hydrogen-bond acceptors (Lipinski definition) is 5. The van der Waals surface area contributed by atoms with E-state index in [9.17, 15) is 4.79 Å². The van der Waals surface area contributed by atoms with Gasteiger partial charge in [0.05, 0.1) is 13.3 Å². The highest BCUT2D eigenvalue weighted by atomic mass is 16.5. The van der Waals surface area contributed by atoms with Gasteiger partial charge in [0.25, 0.3) is 5.91 Å². The van der Waals surface area contributed by atoms with E-state index in [0.29, 0.717) is 11.6 Å². The highest BCUT2D eigenvalue weighted by Crippen LogP contribution is 2.24. The van der Waals surface area contributed by atoms with Crippen molar-refractivity contribution in [3.05, 3.63) is 72.3 Å². The second-order valence-electron chi connectivity index (χ2n) is 5.17. The van der Waals surface area contributed by atoms with Crippen LogP contribution in [0.25, 0.3) is 0 Å². The predicted octanol–water partition coefficient (Wildman–Crippen LogP) is 1.74. The lowest BCUT2D eigenvalue weighted by Crippen LogP contribution is -2.31. The molecule has 0 bridgehead atoms. The van der Waals surface area contributed by atoms with E-state index in [1.165, 1.54) is 18.6 Å². The molecule has 1 atom stereocenters. The topological polar surface area (TPSA) is 81.9 Å². The average molecular weight is 323 g/mol. The zero-order chi connectivity index (χ0) is 16.9. The zero-order valence-corrected chi connectivity index (χ0v) is 13.4. The molecule has 1 N–H and O–H groups in total. The Labute approximate surface area is 139 Å². The van der Waals surface area contributed by atoms with Crippen molar-refractivity contribution in [3.63, 3.8) is 0 Å². The molecular formula is C17H17N5O2. The minimum absolute atomic E-state index is 0.250. The van der Waals surface area contributed by atoms with E-state index in [2.05, 4.69) is 20.3 Å². The molecule has 0 radical (unpaired) electrons. The molecule has 1 aromatic carbocycles. The maximum atomic E-state index is 12.5. The van der Waals surface area contributed by atoms with Crippen LogP contribution in [0.4, 0.5) is 0 Å². The summed E-state index contributed by atoms with van der Waals surface area (Å²) in [6.07, 6.45) is 7.95. The van der Waals surface area contributed by atoms with Crippen molar-refractivity contribution in [1.29, 1.82) is 0 Å². The Kier molecular flexibility index (Phi) is 4.51. The van der Waals surface area contributed by atoms with Crippen LogP contribution in [0.5, 0.6) is 5.75 Å². The van der Waals surface area contributed by atoms with E-state index >= 15 is 0 Å². The number of aryl methyl sites for hydroxylation is 1. The Balaban J connectivity index is 1.96. The number of aromatic nitrogens is 4. The number of nitrogens with one attached hydrogen (secondary N) is 1. The minimum atomic E-state index is -0.436. The Morgan fingerprint density at radius 3 is 2.79 bits per heavy atom. The van der Waals surface area contributed by atoms with Gasteiger partial charge in [0.1, 0.15) is 23.3 Å². The predicted molar refractivity (Wildman–Crippen MR) is 87.5 cm³/mol. The molecule has 2 heterocycles. The van der Waals surface area contributed by atoms with Crippen LogP contribution in [0.15, 0.2) is 55.2 Å². The Hall–Kier alpha value is -3.22. The fraction of sp³-hybridized carbons (Fsp3) is 0.176. The van der Waals surface area contributed by atoms with Crippen LogP contribution in [0.3, 0.4) is 0 Å². The molecule has 1 amide bonds. The molecule has 0 spiro atoms. The lowest BCUT2D eigenvalue weighted by atomic mass is 10.1. The summed E-state index contributed by atoms with van der Waals surface area (Å²) in [4.78, 5) is 24.8. The van der Waals surface area contributed by atoms with E-state index in [1.54, 1.807) is 13.3 Å². The highest BCUT2D eigenvalue weighted by Gasteiger charge is 2.22. The number of carbonyl (C=O) groups is 1. The molecule has 3 rings (SSSR count). The normalized spacial score (nSPS) is 11.8. The number of nitrogens with zero attached hydrogens (tertiary/aromatic N) is 4. The van der Waals surface area contributed by atoms with Crippen molar-refractivity contribution < 1.29 is 9.53 Å². The first-order valence-electron chi connectivity index (χ1n) is 7.37. The molecule has 0 saturated heterocycles. The van der Waals surface area contributed by atoms with E-state index in [-0.39, 0.29) is 11.6 Å². The second-order valence-corrected chi connectivity index (χ2v) is 5.17. The molecule has 0 aliphatic rings. The van der Waals surface area contributed by atoms with Gasteiger partial charge in [-0.25, -0.2) is 9.97 Å². The number of ether oxygens (including phenoxy) is 1. The summed E-state index contributed by atoms with van der Waals surface area (Å²) in [5, 5.41) is 2.96. The molecule has 2 aromatic heterocycles. The number of rotatable bonds is 5. The SMILES string of the molecule is COc1cccc(C(NC(=O)c2cnccn2)c2nccn2C)c1. The number of carbonyl (C=O) groups excluding carboxylic acids is 1. The van der Waals surface area contributed by atoms with Gasteiger partial charge >= 0.3 is 0 Å². The summed E-state index contributed by atoms with van der Waals surface area (Å²) in [5.41, 5.74) is 1.11. The number of benzene rings is 1. The van der Waals surface area contributed by atoms with Gasteiger partial charge in [0.2, 0.25) is 0 Å². The van der Waals surface area contributed by atoms with Crippen LogP contribution in [-0.2, 0) is 7.05 Å². The van der Waals surface area contributed by atoms with Crippen molar-refractivity contribution in [2.75, 3.05) is 7.11 Å². The molecule has 3 aromatic rings. The molecule has 0 aliphatic heterocycles. The highest BCUT2D eigenvalue weighted by molar-refractivity contribution is 5.92. The van der Waals surface area contributed by atoms with Gasteiger partial charge in [-0.2, -0.15) is 0 Å². The largest absolute Gasteiger partial charge is 0.497 e. The molecule has 0 saturated carbocycles. The quantitative estimate of drug-likeness (QED) is 0.773. The molecule has 0 aliphatic carbocycles. The third-order valence-corrected chi connectivity index (χ3v) is 3.62. The first kappa shape index (κ1) is 15.7. The standard InChI is InChI=1S/C17H17N5O2/c1-22-9-8-20-16(22)15(12-4-3-5-13(10-12)24-2)21-17(23)14-11-18-6-7-19-14/h3-11,15H,1-2H3,(H,21,23). The zero-order valence-electron chi connectivity index (χ0n) is 13.4. The molecule has 7 heteroatoms. The number of methoxy groups -OCH3 is 1. The van der Waals surface area contributed by atoms with E-state index in [1.807, 2.05) is 42.1 Å². The van der Waals surface area contributed by atoms with Gasteiger partial charge in [-0.15, -0.1) is 0 Å². The lowest BCUT2D eigenvalue weighted by Gasteiger charge is -2.19. The number of hydrogen-bond donors (Lipinski definition) is 1. The van der Waals surface area contributed by atoms with Crippen molar-refractivity contribution in [2.45, 2.75) is 6.04 Å². The molecule has 0 fully saturated rings. The van der Waals surface area contributed by atoms with E-state index in [0.717, 1.165) is 5.56 Å². The summed E-state index contributed by atoms with van der Waals surface area (Å²) >= 11 is 0. The van der Waals surface area contributed by atoms with Crippen molar-refractivity contribution >= 4 is 5.91 Å². The maximum absolute atomic E-state index is 12.5. The summed E-state index contributed by atoms with van der Waals surface area (Å²) in [6.45, 7) is 0. The van der Waals surface area contributed by atoms with Gasteiger partial charge < -0.3 is 14.6 Å². The molecule has 7 nitrogen and oxygen atoms in total. The first-order chi connectivity index (χ1) is 11.7. The lowest BCUT2D eigenvalue weighted by molar-refractivity contribution is 0.0935. The number of imidazole rings is 1. The van der Waals surface area contributed by atoms with Crippen LogP contribution >= 0.6 is 0 Å². The van der Waals surface area contributed by atoms with Crippen molar-refractivity contribution in [2.24, 2.45) is 7.05 Å². The summed E-state index contributed by atoms with van der Waals surface area (Å²) < 4.78 is 7.14. The van der Waals surface area contributed by atoms with Crippen LogP contribution in [-0.4, -0.2) is 32.5 Å². The van der Waals surface area contributed by atoms with Gasteiger partial charge in [-0.3, -0.25) is 9.78 Å². The molecule has 24 heavy (non-hydrogen) atoms. The smallest absolute Gasteiger partial charge is 0.272 e. The minimum Gasteiger partial charge on any atom is -0.497 e. The van der Waals surface area contributed by atoms with Crippen LogP contribution in [0.2, 0.25) is 0 Å². The van der Waals surface area contributed by atoms with Crippen LogP contribution < -0.4 is 10.1 Å². The van der Waals surface area contributed by atoms with Gasteiger partial charge in [0, 0.05) is 31.8 Å². The van der Waals surface area contributed by atoms with Crippen molar-refractivity contribution in [3.8, 4) is 5.75 Å². The Morgan fingerprint density at radius 2 is 2.12 bits per heavy atom. The van der Waals surface area contributed by atoms with Crippen molar-refractivity contribution in [1.82, 2.24) is 24.8 Å². The monoisotopic (exact) mass is 323 g/mol. The molecular weight excluding hydrogens is 306 g/mol. The molecule has 122 valence electrons. The second kappa shape index (κ2) is 6.91. The third kappa shape index (κ3) is 3.24. The van der Waals surface area contributed by atoms with Gasteiger partial charge in [0.15, 0.2) is 0 Å². The van der Waals surface area contributed by atoms with Gasteiger partial charge in [-0.05, 0) is 17.7 Å². The fourth-order valence-corrected chi connectivity index (χ4v) is 2.39. The van der Waals surface area contributed by atoms with E-state index in [4.69, 9.17) is 4.74 Å². The maximum Gasteiger partial charge on any atom is 0.272 e. The van der Waals surface area contributed by atoms with Gasteiger partial charge in [-0.1, -0.05) is 12.1 Å². The van der Waals surface area contributed by atoms with Crippen LogP contribution in [0, 0.1) is 0 Å². The van der Waals surface area contributed by atoms with Crippen LogP contribution in [0.1, 0.15) is 27.9 Å². The fourth-order valence-electron chi connectivity index (χ4n) is 2.39. The Morgan fingerprint density at radius 1 is 1.25 bits per heavy atom. The third-order valence-electron chi connectivity index (χ3n) is 3.62. The summed E-state index contributed by atoms with van der Waals surface area (Å²) in [6, 6.07) is 7.08. The summed E-state index contributed by atoms with van der Waals surface area (Å²) in [5.74, 6) is 1.10. The average Bonchev–Trinajstić information content (AvgIpc) is 3.06. The number of amides is 1. The van der Waals surface area contributed by atoms with E-state index < -0.39 is 6.04 Å². The first-order valence-corrected chi connectivity index (χ1v) is 7.37. The Bertz CT molecular complexity index is 832. The molecule has 1 unspecified atom stereocenters. The summed E-state index contributed by atoms with van der Waals surface area (Å²) in [7, 11) is 3.48.